The van der Waals surface area contributed by atoms with Crippen molar-refractivity contribution < 1.29 is 14.3 Å². The van der Waals surface area contributed by atoms with Gasteiger partial charge in [0.2, 0.25) is 5.91 Å². The summed E-state index contributed by atoms with van der Waals surface area (Å²) in [5.74, 6) is 0.248. The Labute approximate surface area is 209 Å². The normalized spacial score (nSPS) is 12.0. The Hall–Kier alpha value is -3.60. The van der Waals surface area contributed by atoms with Crippen LogP contribution in [-0.4, -0.2) is 34.9 Å². The summed E-state index contributed by atoms with van der Waals surface area (Å²) in [7, 11) is 0. The van der Waals surface area contributed by atoms with Crippen LogP contribution in [0.2, 0.25) is 0 Å². The molecule has 3 aromatic carbocycles. The number of carbonyl (C=O) groups excluding carboxylic acids is 2. The Kier molecular flexibility index (Phi) is 8.69. The second kappa shape index (κ2) is 11.7. The van der Waals surface area contributed by atoms with Crippen molar-refractivity contribution in [3.05, 3.63) is 101 Å². The molecule has 3 rings (SSSR count). The van der Waals surface area contributed by atoms with E-state index in [1.54, 1.807) is 4.90 Å². The van der Waals surface area contributed by atoms with Gasteiger partial charge in [-0.25, -0.2) is 0 Å². The van der Waals surface area contributed by atoms with E-state index >= 15 is 0 Å². The molecule has 184 valence electrons. The van der Waals surface area contributed by atoms with Crippen molar-refractivity contribution in [1.29, 1.82) is 0 Å². The van der Waals surface area contributed by atoms with Crippen LogP contribution in [0.5, 0.6) is 5.75 Å². The zero-order valence-corrected chi connectivity index (χ0v) is 21.4. The highest BCUT2D eigenvalue weighted by atomic mass is 16.5. The lowest BCUT2D eigenvalue weighted by Crippen LogP contribution is -2.55. The minimum Gasteiger partial charge on any atom is -0.483 e. The van der Waals surface area contributed by atoms with Gasteiger partial charge in [-0.15, -0.1) is 0 Å². The summed E-state index contributed by atoms with van der Waals surface area (Å²) in [6.07, 6.45) is 0.408. The van der Waals surface area contributed by atoms with E-state index in [9.17, 15) is 9.59 Å². The van der Waals surface area contributed by atoms with Gasteiger partial charge in [-0.05, 0) is 57.4 Å². The predicted octanol–water partition coefficient (Wildman–Crippen LogP) is 5.24. The monoisotopic (exact) mass is 472 g/mol. The number of nitrogens with one attached hydrogen (secondary N) is 1. The Balaban J connectivity index is 1.91. The molecule has 3 aromatic rings. The number of hydrogen-bond acceptors (Lipinski definition) is 3. The first-order chi connectivity index (χ1) is 16.6. The zero-order valence-electron chi connectivity index (χ0n) is 21.4. The van der Waals surface area contributed by atoms with Gasteiger partial charge in [-0.3, -0.25) is 9.59 Å². The van der Waals surface area contributed by atoms with E-state index in [0.717, 1.165) is 22.3 Å². The summed E-state index contributed by atoms with van der Waals surface area (Å²) in [4.78, 5) is 28.8. The van der Waals surface area contributed by atoms with Crippen LogP contribution in [-0.2, 0) is 22.6 Å². The first-order valence-electron chi connectivity index (χ1n) is 12.0. The third-order valence-electron chi connectivity index (χ3n) is 5.65. The van der Waals surface area contributed by atoms with E-state index in [4.69, 9.17) is 4.74 Å². The molecule has 0 unspecified atom stereocenters. The molecule has 0 aliphatic carbocycles. The number of ether oxygens (including phenoxy) is 1. The second-order valence-corrected chi connectivity index (χ2v) is 10.0. The van der Waals surface area contributed by atoms with Crippen molar-refractivity contribution in [3.63, 3.8) is 0 Å². The Morgan fingerprint density at radius 1 is 0.886 bits per heavy atom. The number of rotatable bonds is 9. The Bertz CT molecular complexity index is 1120. The molecule has 5 nitrogen and oxygen atoms in total. The van der Waals surface area contributed by atoms with E-state index < -0.39 is 11.6 Å². The average molecular weight is 473 g/mol. The van der Waals surface area contributed by atoms with Crippen LogP contribution in [0.4, 0.5) is 0 Å². The van der Waals surface area contributed by atoms with Crippen molar-refractivity contribution in [3.8, 4) is 5.75 Å². The van der Waals surface area contributed by atoms with Gasteiger partial charge in [-0.2, -0.15) is 0 Å². The van der Waals surface area contributed by atoms with Gasteiger partial charge in [0.15, 0.2) is 6.61 Å². The molecule has 0 aromatic heterocycles. The minimum atomic E-state index is -0.688. The van der Waals surface area contributed by atoms with E-state index in [1.807, 2.05) is 113 Å². The maximum absolute atomic E-state index is 13.6. The smallest absolute Gasteiger partial charge is 0.261 e. The molecule has 0 radical (unpaired) electrons. The highest BCUT2D eigenvalue weighted by Crippen LogP contribution is 2.20. The van der Waals surface area contributed by atoms with Crippen LogP contribution >= 0.6 is 0 Å². The van der Waals surface area contributed by atoms with Gasteiger partial charge < -0.3 is 15.0 Å². The average Bonchev–Trinajstić information content (AvgIpc) is 2.81. The molecule has 5 heteroatoms. The third kappa shape index (κ3) is 7.99. The lowest BCUT2D eigenvalue weighted by atomic mass is 10.0. The molecular formula is C30H36N2O3. The topological polar surface area (TPSA) is 58.6 Å². The van der Waals surface area contributed by atoms with Crippen LogP contribution in [0, 0.1) is 13.8 Å². The molecule has 0 heterocycles. The first kappa shape index (κ1) is 26.0. The fraction of sp³-hybridized carbons (Fsp3) is 0.333. The molecule has 1 atom stereocenters. The number of benzene rings is 3. The lowest BCUT2D eigenvalue weighted by molar-refractivity contribution is -0.143. The van der Waals surface area contributed by atoms with Gasteiger partial charge in [0, 0.05) is 18.5 Å². The largest absolute Gasteiger partial charge is 0.483 e. The number of amides is 2. The number of nitrogens with zero attached hydrogens (tertiary/aromatic N) is 1. The molecule has 0 fully saturated rings. The first-order valence-corrected chi connectivity index (χ1v) is 12.0. The lowest BCUT2D eigenvalue weighted by Gasteiger charge is -2.33. The number of carbonyl (C=O) groups is 2. The van der Waals surface area contributed by atoms with Crippen LogP contribution in [0.1, 0.15) is 43.0 Å². The second-order valence-electron chi connectivity index (χ2n) is 10.0. The maximum Gasteiger partial charge on any atom is 0.261 e. The molecule has 0 saturated carbocycles. The van der Waals surface area contributed by atoms with Crippen molar-refractivity contribution >= 4 is 11.8 Å². The van der Waals surface area contributed by atoms with Gasteiger partial charge in [0.1, 0.15) is 11.8 Å². The Morgan fingerprint density at radius 3 is 2.06 bits per heavy atom. The van der Waals surface area contributed by atoms with Crippen molar-refractivity contribution in [2.75, 3.05) is 6.61 Å². The molecule has 35 heavy (non-hydrogen) atoms. The summed E-state index contributed by atoms with van der Waals surface area (Å²) in [5, 5.41) is 3.08. The number of aryl methyl sites for hydroxylation is 2. The molecule has 0 spiro atoms. The molecule has 0 aliphatic rings. The van der Waals surface area contributed by atoms with E-state index in [-0.39, 0.29) is 18.4 Å². The summed E-state index contributed by atoms with van der Waals surface area (Å²) in [6.45, 7) is 9.97. The molecule has 0 aliphatic heterocycles. The van der Waals surface area contributed by atoms with E-state index in [1.165, 1.54) is 0 Å². The predicted molar refractivity (Wildman–Crippen MR) is 140 cm³/mol. The van der Waals surface area contributed by atoms with Crippen molar-refractivity contribution in [1.82, 2.24) is 10.2 Å². The van der Waals surface area contributed by atoms with Crippen LogP contribution in [0.25, 0.3) is 0 Å². The molecule has 2 amide bonds. The van der Waals surface area contributed by atoms with E-state index in [0.29, 0.717) is 18.7 Å². The molecular weight excluding hydrogens is 436 g/mol. The van der Waals surface area contributed by atoms with Gasteiger partial charge >= 0.3 is 0 Å². The zero-order chi connectivity index (χ0) is 25.4. The fourth-order valence-corrected chi connectivity index (χ4v) is 3.97. The summed E-state index contributed by atoms with van der Waals surface area (Å²) in [5.41, 5.74) is 3.62. The van der Waals surface area contributed by atoms with Crippen LogP contribution in [0.15, 0.2) is 78.9 Å². The van der Waals surface area contributed by atoms with Crippen molar-refractivity contribution in [2.24, 2.45) is 0 Å². The number of hydrogen-bond donors (Lipinski definition) is 1. The molecule has 0 bridgehead atoms. The van der Waals surface area contributed by atoms with Gasteiger partial charge in [-0.1, -0.05) is 78.4 Å². The minimum absolute atomic E-state index is 0.148. The maximum atomic E-state index is 13.6. The SMILES string of the molecule is Cc1ccc(OCC(=O)N(Cc2ccccc2)[C@@H](Cc2ccccc2)C(=O)NC(C)(C)C)c(C)c1. The standard InChI is InChI=1S/C30H36N2O3/c1-22-16-17-27(23(2)18-22)35-21-28(33)32(20-25-14-10-7-11-15-25)26(29(34)31-30(3,4)5)19-24-12-8-6-9-13-24/h6-18,26H,19-21H2,1-5H3,(H,31,34)/t26-/m0/s1. The molecule has 1 N–H and O–H groups in total. The van der Waals surface area contributed by atoms with E-state index in [2.05, 4.69) is 5.32 Å². The summed E-state index contributed by atoms with van der Waals surface area (Å²) >= 11 is 0. The van der Waals surface area contributed by atoms with Crippen molar-refractivity contribution in [2.45, 2.75) is 59.2 Å². The Morgan fingerprint density at radius 2 is 1.49 bits per heavy atom. The summed E-state index contributed by atoms with van der Waals surface area (Å²) in [6, 6.07) is 24.7. The molecule has 0 saturated heterocycles. The quantitative estimate of drug-likeness (QED) is 0.464. The summed E-state index contributed by atoms with van der Waals surface area (Å²) < 4.78 is 5.93. The third-order valence-corrected chi connectivity index (χ3v) is 5.65. The highest BCUT2D eigenvalue weighted by molar-refractivity contribution is 5.89. The van der Waals surface area contributed by atoms with Gasteiger partial charge in [0.25, 0.3) is 5.91 Å². The van der Waals surface area contributed by atoms with Crippen LogP contribution < -0.4 is 10.1 Å². The van der Waals surface area contributed by atoms with Crippen LogP contribution in [0.3, 0.4) is 0 Å². The van der Waals surface area contributed by atoms with Gasteiger partial charge in [0.05, 0.1) is 0 Å². The highest BCUT2D eigenvalue weighted by Gasteiger charge is 2.32. The fourth-order valence-electron chi connectivity index (χ4n) is 3.97.